The van der Waals surface area contributed by atoms with Gasteiger partial charge in [-0.3, -0.25) is 0 Å². The van der Waals surface area contributed by atoms with Crippen LogP contribution in [0.15, 0.2) is 29.2 Å². The Hall–Kier alpha value is -0.180. The van der Waals surface area contributed by atoms with E-state index in [1.807, 2.05) is 18.2 Å². The van der Waals surface area contributed by atoms with Crippen molar-refractivity contribution in [1.29, 1.82) is 0 Å². The summed E-state index contributed by atoms with van der Waals surface area (Å²) < 4.78 is 0. The first kappa shape index (κ1) is 9.90. The summed E-state index contributed by atoms with van der Waals surface area (Å²) in [6, 6.07) is 7.90. The third-order valence-electron chi connectivity index (χ3n) is 1.39. The lowest BCUT2D eigenvalue weighted by molar-refractivity contribution is 0.839. The highest BCUT2D eigenvalue weighted by molar-refractivity contribution is 7.99. The largest absolute Gasteiger partial charge is 0.308 e. The molecule has 0 saturated heterocycles. The summed E-state index contributed by atoms with van der Waals surface area (Å²) in [7, 11) is 0. The zero-order chi connectivity index (χ0) is 8.81. The minimum atomic E-state index is 0.802. The first-order valence-electron chi connectivity index (χ1n) is 3.92. The van der Waals surface area contributed by atoms with Crippen molar-refractivity contribution in [2.75, 3.05) is 12.4 Å². The van der Waals surface area contributed by atoms with Crippen LogP contribution >= 0.6 is 23.4 Å². The van der Waals surface area contributed by atoms with Gasteiger partial charge in [0.2, 0.25) is 0 Å². The number of hydrogen-bond donors (Lipinski definition) is 1. The zero-order valence-corrected chi connectivity index (χ0v) is 8.58. The number of rotatable bonds is 4. The molecule has 1 rings (SSSR count). The van der Waals surface area contributed by atoms with E-state index in [-0.39, 0.29) is 0 Å². The monoisotopic (exact) mass is 201 g/mol. The summed E-state index contributed by atoms with van der Waals surface area (Å²) in [4.78, 5) is 1.21. The Balaban J connectivity index is 2.41. The molecule has 1 aromatic carbocycles. The van der Waals surface area contributed by atoms with Crippen LogP contribution in [0.3, 0.4) is 0 Å². The molecular formula is C9H12ClNS. The number of nitrogens with one attached hydrogen (secondary N) is 1. The molecule has 0 saturated carbocycles. The lowest BCUT2D eigenvalue weighted by Crippen LogP contribution is -2.10. The molecule has 0 aliphatic carbocycles. The van der Waals surface area contributed by atoms with Crippen LogP contribution in [0, 0.1) is 0 Å². The standard InChI is InChI=1S/C9H12ClNS/c1-2-11-7-12-9-5-3-4-8(10)6-9/h3-6,11H,2,7H2,1H3. The van der Waals surface area contributed by atoms with Gasteiger partial charge in [0.1, 0.15) is 0 Å². The van der Waals surface area contributed by atoms with Gasteiger partial charge in [0.05, 0.1) is 0 Å². The molecule has 0 aliphatic rings. The van der Waals surface area contributed by atoms with Crippen molar-refractivity contribution in [2.45, 2.75) is 11.8 Å². The number of halogens is 1. The molecule has 0 heterocycles. The maximum atomic E-state index is 5.82. The molecule has 0 amide bonds. The second kappa shape index (κ2) is 5.46. The fourth-order valence-corrected chi connectivity index (χ4v) is 1.91. The van der Waals surface area contributed by atoms with Gasteiger partial charge in [0, 0.05) is 15.8 Å². The molecule has 0 aliphatic heterocycles. The van der Waals surface area contributed by atoms with Crippen LogP contribution in [0.25, 0.3) is 0 Å². The van der Waals surface area contributed by atoms with Gasteiger partial charge in [-0.25, -0.2) is 0 Å². The van der Waals surface area contributed by atoms with Crippen LogP contribution in [-0.4, -0.2) is 12.4 Å². The number of benzene rings is 1. The minimum absolute atomic E-state index is 0.802. The van der Waals surface area contributed by atoms with Crippen molar-refractivity contribution in [3.8, 4) is 0 Å². The minimum Gasteiger partial charge on any atom is -0.308 e. The number of hydrogen-bond acceptors (Lipinski definition) is 2. The molecule has 0 bridgehead atoms. The van der Waals surface area contributed by atoms with Gasteiger partial charge in [-0.15, -0.1) is 11.8 Å². The van der Waals surface area contributed by atoms with Crippen molar-refractivity contribution in [2.24, 2.45) is 0 Å². The van der Waals surface area contributed by atoms with Crippen LogP contribution in [0.4, 0.5) is 0 Å². The molecule has 0 unspecified atom stereocenters. The predicted octanol–water partition coefficient (Wildman–Crippen LogP) is 3.00. The highest BCUT2D eigenvalue weighted by Gasteiger charge is 1.92. The van der Waals surface area contributed by atoms with Crippen molar-refractivity contribution < 1.29 is 0 Å². The van der Waals surface area contributed by atoms with E-state index in [1.165, 1.54) is 4.90 Å². The smallest absolute Gasteiger partial charge is 0.0465 e. The summed E-state index contributed by atoms with van der Waals surface area (Å²) in [6.07, 6.45) is 0. The molecule has 1 N–H and O–H groups in total. The molecule has 1 aromatic rings. The Morgan fingerprint density at radius 1 is 1.50 bits per heavy atom. The van der Waals surface area contributed by atoms with Gasteiger partial charge in [0.25, 0.3) is 0 Å². The highest BCUT2D eigenvalue weighted by Crippen LogP contribution is 2.20. The lowest BCUT2D eigenvalue weighted by Gasteiger charge is -2.01. The maximum Gasteiger partial charge on any atom is 0.0465 e. The zero-order valence-electron chi connectivity index (χ0n) is 7.01. The van der Waals surface area contributed by atoms with E-state index in [4.69, 9.17) is 11.6 Å². The number of thioether (sulfide) groups is 1. The van der Waals surface area contributed by atoms with Crippen LogP contribution in [0.1, 0.15) is 6.92 Å². The van der Waals surface area contributed by atoms with Gasteiger partial charge in [0.15, 0.2) is 0 Å². The Labute approximate surface area is 82.5 Å². The molecule has 66 valence electrons. The normalized spacial score (nSPS) is 10.2. The SMILES string of the molecule is CCNCSc1cccc(Cl)c1. The van der Waals surface area contributed by atoms with Crippen LogP contribution in [0.5, 0.6) is 0 Å². The van der Waals surface area contributed by atoms with Crippen LogP contribution < -0.4 is 5.32 Å². The van der Waals surface area contributed by atoms with E-state index in [2.05, 4.69) is 18.3 Å². The van der Waals surface area contributed by atoms with Crippen molar-refractivity contribution in [1.82, 2.24) is 5.32 Å². The van der Waals surface area contributed by atoms with Gasteiger partial charge < -0.3 is 5.32 Å². The molecule has 0 radical (unpaired) electrons. The van der Waals surface area contributed by atoms with Crippen LogP contribution in [0.2, 0.25) is 5.02 Å². The lowest BCUT2D eigenvalue weighted by atomic mass is 10.4. The molecule has 0 fully saturated rings. The van der Waals surface area contributed by atoms with E-state index in [0.717, 1.165) is 17.4 Å². The first-order valence-corrected chi connectivity index (χ1v) is 5.28. The topological polar surface area (TPSA) is 12.0 Å². The van der Waals surface area contributed by atoms with Gasteiger partial charge in [-0.1, -0.05) is 24.6 Å². The van der Waals surface area contributed by atoms with E-state index in [1.54, 1.807) is 11.8 Å². The third-order valence-corrected chi connectivity index (χ3v) is 2.56. The molecule has 12 heavy (non-hydrogen) atoms. The fourth-order valence-electron chi connectivity index (χ4n) is 0.793. The van der Waals surface area contributed by atoms with Gasteiger partial charge >= 0.3 is 0 Å². The maximum absolute atomic E-state index is 5.82. The van der Waals surface area contributed by atoms with Crippen molar-refractivity contribution in [3.63, 3.8) is 0 Å². The quantitative estimate of drug-likeness (QED) is 0.457. The second-order valence-corrected chi connectivity index (χ2v) is 3.83. The average Bonchev–Trinajstić information content (AvgIpc) is 2.05. The second-order valence-electron chi connectivity index (χ2n) is 2.35. The van der Waals surface area contributed by atoms with Gasteiger partial charge in [-0.05, 0) is 24.7 Å². The molecule has 0 atom stereocenters. The summed E-state index contributed by atoms with van der Waals surface area (Å²) in [5.74, 6) is 0.941. The summed E-state index contributed by atoms with van der Waals surface area (Å²) in [5.41, 5.74) is 0. The fraction of sp³-hybridized carbons (Fsp3) is 0.333. The Kier molecular flexibility index (Phi) is 4.51. The summed E-state index contributed by atoms with van der Waals surface area (Å²) >= 11 is 7.59. The van der Waals surface area contributed by atoms with E-state index >= 15 is 0 Å². The van der Waals surface area contributed by atoms with Crippen LogP contribution in [-0.2, 0) is 0 Å². The highest BCUT2D eigenvalue weighted by atomic mass is 35.5. The third kappa shape index (κ3) is 3.48. The molecular weight excluding hydrogens is 190 g/mol. The Morgan fingerprint density at radius 3 is 3.00 bits per heavy atom. The molecule has 3 heteroatoms. The average molecular weight is 202 g/mol. The van der Waals surface area contributed by atoms with E-state index < -0.39 is 0 Å². The van der Waals surface area contributed by atoms with Crippen molar-refractivity contribution in [3.05, 3.63) is 29.3 Å². The summed E-state index contributed by atoms with van der Waals surface area (Å²) in [6.45, 7) is 3.10. The van der Waals surface area contributed by atoms with E-state index in [9.17, 15) is 0 Å². The van der Waals surface area contributed by atoms with Gasteiger partial charge in [-0.2, -0.15) is 0 Å². The molecule has 1 nitrogen and oxygen atoms in total. The van der Waals surface area contributed by atoms with E-state index in [0.29, 0.717) is 0 Å². The Morgan fingerprint density at radius 2 is 2.33 bits per heavy atom. The predicted molar refractivity (Wildman–Crippen MR) is 55.9 cm³/mol. The summed E-state index contributed by atoms with van der Waals surface area (Å²) in [5, 5.41) is 4.04. The Bertz CT molecular complexity index is 240. The van der Waals surface area contributed by atoms with Crippen molar-refractivity contribution >= 4 is 23.4 Å². The first-order chi connectivity index (χ1) is 5.83. The molecule has 0 spiro atoms. The molecule has 0 aromatic heterocycles.